The van der Waals surface area contributed by atoms with Gasteiger partial charge < -0.3 is 30.0 Å². The molecule has 30 heavy (non-hydrogen) atoms. The Morgan fingerprint density at radius 1 is 1.23 bits per heavy atom. The zero-order valence-electron chi connectivity index (χ0n) is 17.3. The summed E-state index contributed by atoms with van der Waals surface area (Å²) < 4.78 is 16.7. The monoisotopic (exact) mass is 418 g/mol. The van der Waals surface area contributed by atoms with Crippen LogP contribution in [0.15, 0.2) is 18.2 Å². The third-order valence-corrected chi connectivity index (χ3v) is 6.32. The molecular weight excluding hydrogens is 388 g/mol. The van der Waals surface area contributed by atoms with Crippen LogP contribution < -0.4 is 15.4 Å². The van der Waals surface area contributed by atoms with Crippen LogP contribution in [0.2, 0.25) is 0 Å². The highest BCUT2D eigenvalue weighted by atomic mass is 16.6. The van der Waals surface area contributed by atoms with E-state index in [0.29, 0.717) is 12.1 Å². The van der Waals surface area contributed by atoms with Crippen molar-refractivity contribution in [2.75, 3.05) is 19.0 Å². The number of ether oxygens (including phenoxy) is 3. The van der Waals surface area contributed by atoms with Gasteiger partial charge in [0.1, 0.15) is 18.0 Å². The van der Waals surface area contributed by atoms with E-state index < -0.39 is 6.10 Å². The van der Waals surface area contributed by atoms with Crippen LogP contribution >= 0.6 is 0 Å². The minimum Gasteiger partial charge on any atom is -0.487 e. The van der Waals surface area contributed by atoms with Crippen molar-refractivity contribution in [3.05, 3.63) is 23.8 Å². The molecular formula is C22H30N2O6. The summed E-state index contributed by atoms with van der Waals surface area (Å²) >= 11 is 0. The zero-order valence-corrected chi connectivity index (χ0v) is 17.3. The second-order valence-electron chi connectivity index (χ2n) is 8.37. The largest absolute Gasteiger partial charge is 0.487 e. The number of rotatable bonds is 5. The molecule has 3 aliphatic rings. The van der Waals surface area contributed by atoms with Crippen LogP contribution in [0.4, 0.5) is 10.5 Å². The smallest absolute Gasteiger partial charge is 0.319 e. The van der Waals surface area contributed by atoms with Crippen LogP contribution in [0.1, 0.15) is 56.4 Å². The number of aliphatic hydroxyl groups excluding tert-OH is 1. The van der Waals surface area contributed by atoms with Gasteiger partial charge in [0.25, 0.3) is 0 Å². The Morgan fingerprint density at radius 2 is 2.03 bits per heavy atom. The molecule has 8 heteroatoms. The van der Waals surface area contributed by atoms with E-state index >= 15 is 0 Å². The van der Waals surface area contributed by atoms with Crippen molar-refractivity contribution in [2.45, 2.75) is 75.2 Å². The number of hydrogen-bond acceptors (Lipinski definition) is 6. The third-order valence-electron chi connectivity index (χ3n) is 6.32. The van der Waals surface area contributed by atoms with Crippen molar-refractivity contribution < 1.29 is 28.9 Å². The van der Waals surface area contributed by atoms with E-state index in [0.717, 1.165) is 37.0 Å². The average molecular weight is 418 g/mol. The number of carbonyl (C=O) groups is 2. The van der Waals surface area contributed by atoms with E-state index in [-0.39, 0.29) is 49.2 Å². The highest BCUT2D eigenvalue weighted by Gasteiger charge is 2.46. The van der Waals surface area contributed by atoms with E-state index in [9.17, 15) is 14.7 Å². The number of benzene rings is 1. The first-order valence-electron chi connectivity index (χ1n) is 10.8. The minimum absolute atomic E-state index is 0.0243. The molecule has 0 spiro atoms. The Kier molecular flexibility index (Phi) is 6.43. The quantitative estimate of drug-likeness (QED) is 0.635. The van der Waals surface area contributed by atoms with Gasteiger partial charge in [0.2, 0.25) is 0 Å². The molecule has 1 saturated carbocycles. The van der Waals surface area contributed by atoms with Crippen molar-refractivity contribution in [2.24, 2.45) is 0 Å². The van der Waals surface area contributed by atoms with Crippen molar-refractivity contribution in [3.8, 4) is 5.75 Å². The summed E-state index contributed by atoms with van der Waals surface area (Å²) in [6, 6.07) is 5.63. The van der Waals surface area contributed by atoms with Crippen LogP contribution in [0.5, 0.6) is 5.75 Å². The first-order chi connectivity index (χ1) is 14.6. The second kappa shape index (κ2) is 9.22. The van der Waals surface area contributed by atoms with E-state index in [1.165, 1.54) is 13.5 Å². The fourth-order valence-corrected chi connectivity index (χ4v) is 4.84. The summed E-state index contributed by atoms with van der Waals surface area (Å²) in [6.45, 7) is -0.193. The summed E-state index contributed by atoms with van der Waals surface area (Å²) in [5, 5.41) is 15.8. The highest BCUT2D eigenvalue weighted by Crippen LogP contribution is 2.47. The molecule has 1 saturated heterocycles. The Labute approximate surface area is 176 Å². The number of nitrogens with one attached hydrogen (secondary N) is 2. The molecule has 4 atom stereocenters. The second-order valence-corrected chi connectivity index (χ2v) is 8.37. The van der Waals surface area contributed by atoms with Gasteiger partial charge in [-0.25, -0.2) is 4.79 Å². The predicted octanol–water partition coefficient (Wildman–Crippen LogP) is 2.70. The summed E-state index contributed by atoms with van der Waals surface area (Å²) in [5.74, 6) is 0.358. The molecule has 0 aromatic heterocycles. The van der Waals surface area contributed by atoms with Gasteiger partial charge in [-0.2, -0.15) is 0 Å². The third kappa shape index (κ3) is 4.54. The predicted molar refractivity (Wildman–Crippen MR) is 110 cm³/mol. The van der Waals surface area contributed by atoms with Crippen LogP contribution in [0.25, 0.3) is 0 Å². The molecule has 1 aromatic carbocycles. The van der Waals surface area contributed by atoms with Gasteiger partial charge in [-0.1, -0.05) is 19.3 Å². The van der Waals surface area contributed by atoms with Crippen molar-refractivity contribution in [1.82, 2.24) is 5.32 Å². The lowest BCUT2D eigenvalue weighted by Gasteiger charge is -2.36. The van der Waals surface area contributed by atoms with Crippen LogP contribution in [0, 0.1) is 0 Å². The lowest BCUT2D eigenvalue weighted by Crippen LogP contribution is -2.46. The van der Waals surface area contributed by atoms with E-state index in [4.69, 9.17) is 14.2 Å². The highest BCUT2D eigenvalue weighted by molar-refractivity contribution is 5.89. The molecule has 2 heterocycles. The van der Waals surface area contributed by atoms with Gasteiger partial charge in [0.05, 0.1) is 26.2 Å². The number of anilines is 1. The maximum atomic E-state index is 12.4. The first kappa shape index (κ1) is 20.9. The van der Waals surface area contributed by atoms with Gasteiger partial charge in [-0.05, 0) is 37.5 Å². The van der Waals surface area contributed by atoms with E-state index in [2.05, 4.69) is 10.6 Å². The Hall–Kier alpha value is -2.32. The van der Waals surface area contributed by atoms with E-state index in [1.54, 1.807) is 0 Å². The van der Waals surface area contributed by atoms with Gasteiger partial charge in [0.15, 0.2) is 0 Å². The molecule has 4 rings (SSSR count). The Bertz CT molecular complexity index is 779. The number of fused-ring (bicyclic) bond motifs is 3. The number of aliphatic hydroxyl groups is 1. The zero-order chi connectivity index (χ0) is 21.1. The fraction of sp³-hybridized carbons (Fsp3) is 0.636. The molecule has 164 valence electrons. The number of carbonyl (C=O) groups excluding carboxylic acids is 2. The van der Waals surface area contributed by atoms with Gasteiger partial charge in [0, 0.05) is 23.2 Å². The maximum Gasteiger partial charge on any atom is 0.319 e. The average Bonchev–Trinajstić information content (AvgIpc) is 3.11. The normalized spacial score (nSPS) is 28.1. The van der Waals surface area contributed by atoms with Crippen LogP contribution in [-0.4, -0.2) is 55.2 Å². The number of urea groups is 1. The summed E-state index contributed by atoms with van der Waals surface area (Å²) in [4.78, 5) is 24.1. The molecule has 2 fully saturated rings. The SMILES string of the molecule is COC(=O)C[C@@H]1C[C@@H]2c3cc(NC(=O)NC4CCCCC4)ccc3O[C@@H]2[C@H](CO)O1. The van der Waals surface area contributed by atoms with Crippen LogP contribution in [-0.2, 0) is 14.3 Å². The fourth-order valence-electron chi connectivity index (χ4n) is 4.84. The molecule has 0 bridgehead atoms. The minimum atomic E-state index is -0.517. The molecule has 2 amide bonds. The maximum absolute atomic E-state index is 12.4. The molecule has 2 aliphatic heterocycles. The lowest BCUT2D eigenvalue weighted by atomic mass is 9.84. The van der Waals surface area contributed by atoms with Gasteiger partial charge in [-0.15, -0.1) is 0 Å². The van der Waals surface area contributed by atoms with E-state index in [1.807, 2.05) is 18.2 Å². The van der Waals surface area contributed by atoms with Gasteiger partial charge in [-0.3, -0.25) is 4.79 Å². The topological polar surface area (TPSA) is 106 Å². The van der Waals surface area contributed by atoms with Gasteiger partial charge >= 0.3 is 12.0 Å². The summed E-state index contributed by atoms with van der Waals surface area (Å²) in [7, 11) is 1.35. The number of amides is 2. The molecule has 0 unspecified atom stereocenters. The molecule has 1 aliphatic carbocycles. The molecule has 8 nitrogen and oxygen atoms in total. The lowest BCUT2D eigenvalue weighted by molar-refractivity contribution is -0.156. The van der Waals surface area contributed by atoms with Crippen molar-refractivity contribution >= 4 is 17.7 Å². The Morgan fingerprint density at radius 3 is 2.77 bits per heavy atom. The summed E-state index contributed by atoms with van der Waals surface area (Å²) in [6.07, 6.45) is 5.14. The number of methoxy groups -OCH3 is 1. The number of esters is 1. The molecule has 3 N–H and O–H groups in total. The number of hydrogen-bond donors (Lipinski definition) is 3. The van der Waals surface area contributed by atoms with Crippen molar-refractivity contribution in [3.63, 3.8) is 0 Å². The molecule has 1 aromatic rings. The Balaban J connectivity index is 1.45. The molecule has 0 radical (unpaired) electrons. The van der Waals surface area contributed by atoms with Crippen LogP contribution in [0.3, 0.4) is 0 Å². The standard InChI is InChI=1S/C22H30N2O6/c1-28-20(26)11-15-10-17-16-9-14(24-22(27)23-13-5-3-2-4-6-13)7-8-18(16)30-21(17)19(12-25)29-15/h7-9,13,15,17,19,21,25H,2-6,10-12H2,1H3,(H2,23,24,27)/t15-,17+,19-,21-/m0/s1. The summed E-state index contributed by atoms with van der Waals surface area (Å²) in [5.41, 5.74) is 1.66. The van der Waals surface area contributed by atoms with Crippen molar-refractivity contribution in [1.29, 1.82) is 0 Å². The first-order valence-corrected chi connectivity index (χ1v) is 10.8.